The van der Waals surface area contributed by atoms with E-state index in [-0.39, 0.29) is 24.1 Å². The van der Waals surface area contributed by atoms with E-state index in [2.05, 4.69) is 10.6 Å². The van der Waals surface area contributed by atoms with Crippen LogP contribution in [0.25, 0.3) is 0 Å². The Morgan fingerprint density at radius 1 is 1.00 bits per heavy atom. The van der Waals surface area contributed by atoms with Crippen molar-refractivity contribution in [2.24, 2.45) is 0 Å². The van der Waals surface area contributed by atoms with Crippen LogP contribution in [0.15, 0.2) is 48.5 Å². The Morgan fingerprint density at radius 3 is 2.25 bits per heavy atom. The minimum Gasteiger partial charge on any atom is -0.325 e. The number of aryl methyl sites for hydroxylation is 1. The SMILES string of the molecule is CCc1ccccc1NC(=O)CN(C)C(C)C(=O)Nc1ccc(C(C)=O)cc1. The number of hydrogen-bond acceptors (Lipinski definition) is 4. The van der Waals surface area contributed by atoms with Gasteiger partial charge in [0.2, 0.25) is 11.8 Å². The lowest BCUT2D eigenvalue weighted by atomic mass is 10.1. The monoisotopic (exact) mass is 381 g/mol. The molecule has 2 aromatic rings. The first-order valence-electron chi connectivity index (χ1n) is 9.31. The quantitative estimate of drug-likeness (QED) is 0.688. The topological polar surface area (TPSA) is 78.5 Å². The molecular weight excluding hydrogens is 354 g/mol. The summed E-state index contributed by atoms with van der Waals surface area (Å²) in [6.45, 7) is 5.36. The molecule has 0 spiro atoms. The van der Waals surface area contributed by atoms with E-state index in [1.54, 1.807) is 43.1 Å². The number of nitrogens with one attached hydrogen (secondary N) is 2. The summed E-state index contributed by atoms with van der Waals surface area (Å²) in [5.41, 5.74) is 3.06. The zero-order valence-corrected chi connectivity index (χ0v) is 16.8. The number of ketones is 1. The van der Waals surface area contributed by atoms with E-state index in [1.165, 1.54) is 6.92 Å². The Labute approximate surface area is 165 Å². The van der Waals surface area contributed by atoms with Gasteiger partial charge in [0.1, 0.15) is 0 Å². The Balaban J connectivity index is 1.91. The molecule has 1 unspecified atom stereocenters. The van der Waals surface area contributed by atoms with Crippen LogP contribution < -0.4 is 10.6 Å². The summed E-state index contributed by atoms with van der Waals surface area (Å²) in [5, 5.41) is 5.71. The predicted octanol–water partition coefficient (Wildman–Crippen LogP) is 3.35. The molecule has 1 atom stereocenters. The van der Waals surface area contributed by atoms with Crippen LogP contribution in [0.3, 0.4) is 0 Å². The van der Waals surface area contributed by atoms with Gasteiger partial charge in [-0.2, -0.15) is 0 Å². The largest absolute Gasteiger partial charge is 0.325 e. The van der Waals surface area contributed by atoms with Crippen LogP contribution in [-0.2, 0) is 16.0 Å². The molecule has 0 aliphatic heterocycles. The lowest BCUT2D eigenvalue weighted by Crippen LogP contribution is -2.43. The van der Waals surface area contributed by atoms with Gasteiger partial charge < -0.3 is 10.6 Å². The molecule has 0 aromatic heterocycles. The number of carbonyl (C=O) groups excluding carboxylic acids is 3. The summed E-state index contributed by atoms with van der Waals surface area (Å²) >= 11 is 0. The first-order valence-corrected chi connectivity index (χ1v) is 9.31. The molecule has 0 heterocycles. The van der Waals surface area contributed by atoms with E-state index in [9.17, 15) is 14.4 Å². The highest BCUT2D eigenvalue weighted by Crippen LogP contribution is 2.15. The average molecular weight is 381 g/mol. The molecule has 6 heteroatoms. The van der Waals surface area contributed by atoms with Gasteiger partial charge in [-0.05, 0) is 63.2 Å². The molecule has 0 radical (unpaired) electrons. The average Bonchev–Trinajstić information content (AvgIpc) is 2.68. The van der Waals surface area contributed by atoms with Gasteiger partial charge in [0.15, 0.2) is 5.78 Å². The number of Topliss-reactive ketones (excluding diaryl/α,β-unsaturated/α-hetero) is 1. The number of benzene rings is 2. The molecule has 2 rings (SSSR count). The number of rotatable bonds is 8. The van der Waals surface area contributed by atoms with Crippen LogP contribution in [0.4, 0.5) is 11.4 Å². The standard InChI is InChI=1S/C22H27N3O3/c1-5-17-8-6-7-9-20(17)24-21(27)14-25(4)15(2)22(28)23-19-12-10-18(11-13-19)16(3)26/h6-13,15H,5,14H2,1-4H3,(H,23,28)(H,24,27). The smallest absolute Gasteiger partial charge is 0.241 e. The van der Waals surface area contributed by atoms with Gasteiger partial charge in [-0.15, -0.1) is 0 Å². The first-order chi connectivity index (χ1) is 13.3. The van der Waals surface area contributed by atoms with Gasteiger partial charge >= 0.3 is 0 Å². The second-order valence-electron chi connectivity index (χ2n) is 6.77. The van der Waals surface area contributed by atoms with Crippen molar-refractivity contribution in [2.75, 3.05) is 24.2 Å². The van der Waals surface area contributed by atoms with Crippen LogP contribution >= 0.6 is 0 Å². The molecule has 0 fully saturated rings. The normalized spacial score (nSPS) is 11.8. The summed E-state index contributed by atoms with van der Waals surface area (Å²) in [6.07, 6.45) is 0.827. The maximum absolute atomic E-state index is 12.5. The highest BCUT2D eigenvalue weighted by molar-refractivity contribution is 5.97. The minimum atomic E-state index is -0.500. The maximum atomic E-state index is 12.5. The summed E-state index contributed by atoms with van der Waals surface area (Å²) in [6, 6.07) is 13.9. The third-order valence-electron chi connectivity index (χ3n) is 4.66. The number of hydrogen-bond donors (Lipinski definition) is 2. The van der Waals surface area contributed by atoms with E-state index in [0.29, 0.717) is 11.3 Å². The van der Waals surface area contributed by atoms with E-state index in [0.717, 1.165) is 17.7 Å². The second-order valence-corrected chi connectivity index (χ2v) is 6.77. The predicted molar refractivity (Wildman–Crippen MR) is 112 cm³/mol. The Bertz CT molecular complexity index is 846. The van der Waals surface area contributed by atoms with Gasteiger partial charge in [0, 0.05) is 16.9 Å². The Hall–Kier alpha value is -2.99. The highest BCUT2D eigenvalue weighted by Gasteiger charge is 2.20. The van der Waals surface area contributed by atoms with E-state index in [1.807, 2.05) is 31.2 Å². The molecule has 2 amide bonds. The van der Waals surface area contributed by atoms with Gasteiger partial charge in [0.25, 0.3) is 0 Å². The van der Waals surface area contributed by atoms with Gasteiger partial charge in [0.05, 0.1) is 12.6 Å². The summed E-state index contributed by atoms with van der Waals surface area (Å²) in [4.78, 5) is 37.8. The molecule has 6 nitrogen and oxygen atoms in total. The molecule has 0 aliphatic carbocycles. The van der Waals surface area contributed by atoms with E-state index < -0.39 is 6.04 Å². The number of amides is 2. The zero-order valence-electron chi connectivity index (χ0n) is 16.8. The third-order valence-corrected chi connectivity index (χ3v) is 4.66. The molecule has 2 aromatic carbocycles. The van der Waals surface area contributed by atoms with Crippen molar-refractivity contribution < 1.29 is 14.4 Å². The maximum Gasteiger partial charge on any atom is 0.241 e. The van der Waals surface area contributed by atoms with Gasteiger partial charge in [-0.25, -0.2) is 0 Å². The number of para-hydroxylation sites is 1. The number of nitrogens with zero attached hydrogens (tertiary/aromatic N) is 1. The molecule has 2 N–H and O–H groups in total. The van der Waals surface area contributed by atoms with Crippen molar-refractivity contribution in [1.82, 2.24) is 4.90 Å². The highest BCUT2D eigenvalue weighted by atomic mass is 16.2. The van der Waals surface area contributed by atoms with Gasteiger partial charge in [-0.3, -0.25) is 19.3 Å². The van der Waals surface area contributed by atoms with Crippen molar-refractivity contribution in [3.63, 3.8) is 0 Å². The fourth-order valence-electron chi connectivity index (χ4n) is 2.74. The molecule has 0 bridgehead atoms. The Morgan fingerprint density at radius 2 is 1.64 bits per heavy atom. The van der Waals surface area contributed by atoms with Crippen molar-refractivity contribution in [2.45, 2.75) is 33.2 Å². The third kappa shape index (κ3) is 5.76. The minimum absolute atomic E-state index is 0.0263. The van der Waals surface area contributed by atoms with E-state index in [4.69, 9.17) is 0 Å². The molecule has 148 valence electrons. The molecule has 0 saturated carbocycles. The molecule has 0 aliphatic rings. The zero-order chi connectivity index (χ0) is 20.7. The van der Waals surface area contributed by atoms with Gasteiger partial charge in [-0.1, -0.05) is 25.1 Å². The fraction of sp³-hybridized carbons (Fsp3) is 0.318. The van der Waals surface area contributed by atoms with Crippen molar-refractivity contribution in [3.8, 4) is 0 Å². The van der Waals surface area contributed by atoms with Crippen molar-refractivity contribution in [3.05, 3.63) is 59.7 Å². The van der Waals surface area contributed by atoms with Crippen LogP contribution in [-0.4, -0.2) is 42.1 Å². The lowest BCUT2D eigenvalue weighted by molar-refractivity contribution is -0.122. The molecule has 0 saturated heterocycles. The lowest BCUT2D eigenvalue weighted by Gasteiger charge is -2.23. The van der Waals surface area contributed by atoms with Crippen molar-refractivity contribution >= 4 is 29.0 Å². The van der Waals surface area contributed by atoms with E-state index >= 15 is 0 Å². The first kappa shape index (κ1) is 21.3. The second kappa shape index (κ2) is 9.80. The fourth-order valence-corrected chi connectivity index (χ4v) is 2.74. The summed E-state index contributed by atoms with van der Waals surface area (Å²) < 4.78 is 0. The summed E-state index contributed by atoms with van der Waals surface area (Å²) in [5.74, 6) is -0.421. The van der Waals surface area contributed by atoms with Crippen LogP contribution in [0.2, 0.25) is 0 Å². The number of anilines is 2. The van der Waals surface area contributed by atoms with Crippen LogP contribution in [0.5, 0.6) is 0 Å². The molecular formula is C22H27N3O3. The Kier molecular flexibility index (Phi) is 7.46. The summed E-state index contributed by atoms with van der Waals surface area (Å²) in [7, 11) is 1.73. The van der Waals surface area contributed by atoms with Crippen molar-refractivity contribution in [1.29, 1.82) is 0 Å². The number of likely N-dealkylation sites (N-methyl/N-ethyl adjacent to an activating group) is 1. The number of carbonyl (C=O) groups is 3. The molecule has 28 heavy (non-hydrogen) atoms. The van der Waals surface area contributed by atoms with Crippen LogP contribution in [0.1, 0.15) is 36.7 Å². The van der Waals surface area contributed by atoms with Crippen LogP contribution in [0, 0.1) is 0 Å².